The van der Waals surface area contributed by atoms with Gasteiger partial charge in [-0.15, -0.1) is 0 Å². The number of nitrogens with one attached hydrogen (secondary N) is 1. The van der Waals surface area contributed by atoms with Gasteiger partial charge in [0.15, 0.2) is 17.4 Å². The van der Waals surface area contributed by atoms with Gasteiger partial charge in [-0.05, 0) is 36.8 Å². The number of phenolic OH excluding ortho intramolecular Hbond substituents is 1. The normalized spacial score (nSPS) is 18.8. The van der Waals surface area contributed by atoms with E-state index in [1.54, 1.807) is 12.1 Å². The zero-order valence-corrected chi connectivity index (χ0v) is 14.0. The molecular weight excluding hydrogens is 332 g/mol. The third kappa shape index (κ3) is 2.35. The van der Waals surface area contributed by atoms with Gasteiger partial charge >= 0.3 is 0 Å². The molecule has 1 aliphatic heterocycles. The summed E-state index contributed by atoms with van der Waals surface area (Å²) in [5.74, 6) is -0.595. The molecule has 1 aromatic heterocycles. The average Bonchev–Trinajstić information content (AvgIpc) is 3.00. The van der Waals surface area contributed by atoms with Crippen molar-refractivity contribution in [3.05, 3.63) is 48.0 Å². The lowest BCUT2D eigenvalue weighted by molar-refractivity contribution is -0.119. The zero-order chi connectivity index (χ0) is 18.3. The zero-order valence-electron chi connectivity index (χ0n) is 14.0. The minimum atomic E-state index is -0.931. The van der Waals surface area contributed by atoms with Crippen molar-refractivity contribution in [3.8, 4) is 17.6 Å². The van der Waals surface area contributed by atoms with Crippen LogP contribution in [0.1, 0.15) is 18.5 Å². The Labute approximate surface area is 149 Å². The molecule has 0 radical (unpaired) electrons. The van der Waals surface area contributed by atoms with E-state index in [1.807, 2.05) is 35.8 Å². The van der Waals surface area contributed by atoms with E-state index in [9.17, 15) is 15.2 Å². The summed E-state index contributed by atoms with van der Waals surface area (Å²) in [4.78, 5) is 16.9. The number of aromatic hydroxyl groups is 1. The summed E-state index contributed by atoms with van der Waals surface area (Å²) in [6, 6.07) is 13.9. The van der Waals surface area contributed by atoms with Crippen LogP contribution in [-0.2, 0) is 4.79 Å². The summed E-state index contributed by atoms with van der Waals surface area (Å²) in [6.07, 6.45) is 0. The first-order valence-electron chi connectivity index (χ1n) is 8.27. The molecule has 4 rings (SSSR count). The van der Waals surface area contributed by atoms with Crippen LogP contribution in [0.3, 0.4) is 0 Å². The van der Waals surface area contributed by atoms with Crippen LogP contribution >= 0.6 is 0 Å². The number of imidazole rings is 1. The number of nitriles is 1. The number of fused-ring (bicyclic) bond motifs is 3. The maximum atomic E-state index is 12.5. The molecule has 130 valence electrons. The summed E-state index contributed by atoms with van der Waals surface area (Å²) in [7, 11) is 0. The van der Waals surface area contributed by atoms with Gasteiger partial charge in [-0.1, -0.05) is 18.2 Å². The molecule has 0 saturated heterocycles. The smallest absolute Gasteiger partial charge is 0.246 e. The molecule has 1 amide bonds. The molecule has 1 aliphatic rings. The molecule has 2 atom stereocenters. The molecule has 0 bridgehead atoms. The van der Waals surface area contributed by atoms with Crippen molar-refractivity contribution in [1.82, 2.24) is 9.55 Å². The van der Waals surface area contributed by atoms with Gasteiger partial charge in [0, 0.05) is 0 Å². The second-order valence-electron chi connectivity index (χ2n) is 6.00. The van der Waals surface area contributed by atoms with Gasteiger partial charge in [0.05, 0.1) is 29.8 Å². The largest absolute Gasteiger partial charge is 0.504 e. The Morgan fingerprint density at radius 1 is 1.35 bits per heavy atom. The highest BCUT2D eigenvalue weighted by Gasteiger charge is 2.39. The lowest BCUT2D eigenvalue weighted by atomic mass is 9.91. The molecule has 3 aromatic rings. The summed E-state index contributed by atoms with van der Waals surface area (Å²) >= 11 is 0. The Morgan fingerprint density at radius 2 is 2.15 bits per heavy atom. The lowest BCUT2D eigenvalue weighted by Crippen LogP contribution is -2.37. The average molecular weight is 348 g/mol. The molecule has 2 aromatic carbocycles. The number of ether oxygens (including phenoxy) is 1. The summed E-state index contributed by atoms with van der Waals surface area (Å²) in [5, 5.41) is 22.3. The molecule has 7 heteroatoms. The van der Waals surface area contributed by atoms with Crippen LogP contribution in [0.5, 0.6) is 11.5 Å². The molecule has 0 unspecified atom stereocenters. The topological polar surface area (TPSA) is 100 Å². The Kier molecular flexibility index (Phi) is 3.73. The number of para-hydroxylation sites is 2. The number of hydrogen-bond acceptors (Lipinski definition) is 5. The predicted octanol–water partition coefficient (Wildman–Crippen LogP) is 2.82. The molecule has 2 N–H and O–H groups in total. The second kappa shape index (κ2) is 6.08. The highest BCUT2D eigenvalue weighted by atomic mass is 16.5. The number of phenols is 1. The fourth-order valence-electron chi connectivity index (χ4n) is 3.35. The van der Waals surface area contributed by atoms with Gasteiger partial charge in [-0.25, -0.2) is 4.98 Å². The second-order valence-corrected chi connectivity index (χ2v) is 6.00. The molecule has 2 heterocycles. The summed E-state index contributed by atoms with van der Waals surface area (Å²) in [5.41, 5.74) is 2.24. The van der Waals surface area contributed by atoms with Crippen molar-refractivity contribution in [2.24, 2.45) is 5.92 Å². The van der Waals surface area contributed by atoms with Crippen LogP contribution in [0, 0.1) is 17.2 Å². The Bertz CT molecular complexity index is 1050. The van der Waals surface area contributed by atoms with Crippen molar-refractivity contribution in [2.45, 2.75) is 13.0 Å². The first-order chi connectivity index (χ1) is 12.6. The lowest BCUT2D eigenvalue weighted by Gasteiger charge is -2.30. The summed E-state index contributed by atoms with van der Waals surface area (Å²) < 4.78 is 7.32. The first kappa shape index (κ1) is 16.0. The van der Waals surface area contributed by atoms with E-state index in [0.717, 1.165) is 11.0 Å². The van der Waals surface area contributed by atoms with Crippen molar-refractivity contribution in [3.63, 3.8) is 0 Å². The van der Waals surface area contributed by atoms with Crippen LogP contribution in [-0.4, -0.2) is 27.2 Å². The highest BCUT2D eigenvalue weighted by molar-refractivity contribution is 5.97. The van der Waals surface area contributed by atoms with Gasteiger partial charge in [0.2, 0.25) is 11.9 Å². The molecule has 0 fully saturated rings. The van der Waals surface area contributed by atoms with Gasteiger partial charge in [0.25, 0.3) is 0 Å². The number of aromatic nitrogens is 2. The van der Waals surface area contributed by atoms with E-state index < -0.39 is 17.9 Å². The van der Waals surface area contributed by atoms with Gasteiger partial charge in [0.1, 0.15) is 0 Å². The van der Waals surface area contributed by atoms with Crippen LogP contribution < -0.4 is 10.1 Å². The number of carbonyl (C=O) groups excluding carboxylic acids is 1. The minimum Gasteiger partial charge on any atom is -0.504 e. The van der Waals surface area contributed by atoms with Gasteiger partial charge in [-0.2, -0.15) is 5.26 Å². The maximum Gasteiger partial charge on any atom is 0.246 e. The van der Waals surface area contributed by atoms with E-state index in [-0.39, 0.29) is 5.75 Å². The van der Waals surface area contributed by atoms with Crippen LogP contribution in [0.2, 0.25) is 0 Å². The van der Waals surface area contributed by atoms with Crippen molar-refractivity contribution in [2.75, 3.05) is 11.9 Å². The monoisotopic (exact) mass is 348 g/mol. The highest BCUT2D eigenvalue weighted by Crippen LogP contribution is 2.40. The van der Waals surface area contributed by atoms with Crippen molar-refractivity contribution < 1.29 is 14.6 Å². The van der Waals surface area contributed by atoms with Gasteiger partial charge in [-0.3, -0.25) is 10.1 Å². The minimum absolute atomic E-state index is 0.0140. The quantitative estimate of drug-likeness (QED) is 0.758. The Hall–Kier alpha value is -3.53. The van der Waals surface area contributed by atoms with E-state index in [0.29, 0.717) is 23.9 Å². The summed E-state index contributed by atoms with van der Waals surface area (Å²) in [6.45, 7) is 2.21. The number of anilines is 1. The standard InChI is InChI=1S/C19H16N4O3/c1-2-26-16-9-11(7-8-15(16)24)17-12(10-20)18(25)22-19-21-13-5-3-4-6-14(13)23(17)19/h3-9,12,17,24H,2H2,1H3,(H,21,22,25)/t12-,17-/m0/s1. The Balaban J connectivity index is 1.96. The number of benzene rings is 2. The first-order valence-corrected chi connectivity index (χ1v) is 8.27. The molecule has 7 nitrogen and oxygen atoms in total. The molecule has 26 heavy (non-hydrogen) atoms. The molecule has 0 aliphatic carbocycles. The number of carbonyl (C=O) groups is 1. The van der Waals surface area contributed by atoms with Gasteiger partial charge < -0.3 is 14.4 Å². The van der Waals surface area contributed by atoms with Crippen LogP contribution in [0.4, 0.5) is 5.95 Å². The van der Waals surface area contributed by atoms with Crippen LogP contribution in [0.15, 0.2) is 42.5 Å². The van der Waals surface area contributed by atoms with Crippen molar-refractivity contribution >= 4 is 22.9 Å². The van der Waals surface area contributed by atoms with Crippen LogP contribution in [0.25, 0.3) is 11.0 Å². The number of nitrogens with zero attached hydrogens (tertiary/aromatic N) is 3. The SMILES string of the molecule is CCOc1cc([C@H]2[C@H](C#N)C(=O)Nc3nc4ccccc4n32)ccc1O. The fraction of sp³-hybridized carbons (Fsp3) is 0.211. The van der Waals surface area contributed by atoms with Crippen molar-refractivity contribution in [1.29, 1.82) is 5.26 Å². The molecule has 0 saturated carbocycles. The molecule has 0 spiro atoms. The Morgan fingerprint density at radius 3 is 2.92 bits per heavy atom. The third-order valence-electron chi connectivity index (χ3n) is 4.47. The van der Waals surface area contributed by atoms with E-state index in [4.69, 9.17) is 4.74 Å². The van der Waals surface area contributed by atoms with E-state index >= 15 is 0 Å². The third-order valence-corrected chi connectivity index (χ3v) is 4.47. The molecular formula is C19H16N4O3. The van der Waals surface area contributed by atoms with E-state index in [1.165, 1.54) is 6.07 Å². The number of rotatable bonds is 3. The fourth-order valence-corrected chi connectivity index (χ4v) is 3.35. The number of amides is 1. The number of hydrogen-bond donors (Lipinski definition) is 2. The van der Waals surface area contributed by atoms with E-state index in [2.05, 4.69) is 16.4 Å². The predicted molar refractivity (Wildman–Crippen MR) is 94.9 cm³/mol. The maximum absolute atomic E-state index is 12.5.